The Morgan fingerprint density at radius 1 is 0.538 bits per heavy atom. The highest BCUT2D eigenvalue weighted by Gasteiger charge is 1.97. The molecule has 0 saturated carbocycles. The van der Waals surface area contributed by atoms with Gasteiger partial charge in [0.25, 0.3) is 0 Å². The molecule has 0 aliphatic rings. The van der Waals surface area contributed by atoms with Crippen LogP contribution in [0.15, 0.2) is 72.8 Å². The predicted molar refractivity (Wildman–Crippen MR) is 116 cm³/mol. The predicted octanol–water partition coefficient (Wildman–Crippen LogP) is 7.15. The second-order valence-electron chi connectivity index (χ2n) is 6.49. The summed E-state index contributed by atoms with van der Waals surface area (Å²) in [7, 11) is 0. The third-order valence-corrected chi connectivity index (χ3v) is 4.63. The molecule has 0 N–H and O–H groups in total. The van der Waals surface area contributed by atoms with Crippen molar-refractivity contribution in [2.75, 3.05) is 0 Å². The SMILES string of the molecule is CCc1cccc(C=Cc2ccccc2C=Cc2cccc(CC)c2)c1. The number of benzene rings is 3. The Morgan fingerprint density at radius 2 is 1.00 bits per heavy atom. The Hall–Kier alpha value is -2.86. The van der Waals surface area contributed by atoms with E-state index in [1.807, 2.05) is 0 Å². The van der Waals surface area contributed by atoms with E-state index in [9.17, 15) is 0 Å². The van der Waals surface area contributed by atoms with E-state index < -0.39 is 0 Å². The maximum absolute atomic E-state index is 2.26. The summed E-state index contributed by atoms with van der Waals surface area (Å²) < 4.78 is 0. The van der Waals surface area contributed by atoms with Gasteiger partial charge in [-0.3, -0.25) is 0 Å². The Bertz CT molecular complexity index is 836. The summed E-state index contributed by atoms with van der Waals surface area (Å²) in [5.74, 6) is 0. The fourth-order valence-corrected chi connectivity index (χ4v) is 3.02. The van der Waals surface area contributed by atoms with Crippen LogP contribution in [0.5, 0.6) is 0 Å². The first-order valence-corrected chi connectivity index (χ1v) is 9.41. The van der Waals surface area contributed by atoms with Crippen molar-refractivity contribution in [2.45, 2.75) is 26.7 Å². The van der Waals surface area contributed by atoms with Crippen LogP contribution in [-0.2, 0) is 12.8 Å². The molecule has 0 aliphatic heterocycles. The Kier molecular flexibility index (Phi) is 6.22. The third kappa shape index (κ3) is 4.83. The van der Waals surface area contributed by atoms with Gasteiger partial charge in [-0.25, -0.2) is 0 Å². The third-order valence-electron chi connectivity index (χ3n) is 4.63. The summed E-state index contributed by atoms with van der Waals surface area (Å²) in [5, 5.41) is 0. The molecule has 0 nitrogen and oxygen atoms in total. The molecular formula is C26H26. The summed E-state index contributed by atoms with van der Waals surface area (Å²) in [6, 6.07) is 26.0. The van der Waals surface area contributed by atoms with Crippen molar-refractivity contribution in [3.05, 3.63) is 106 Å². The smallest absolute Gasteiger partial charge is 0.0184 e. The lowest BCUT2D eigenvalue weighted by Gasteiger charge is -2.03. The average Bonchev–Trinajstić information content (AvgIpc) is 2.71. The van der Waals surface area contributed by atoms with Crippen molar-refractivity contribution < 1.29 is 0 Å². The first-order valence-electron chi connectivity index (χ1n) is 9.41. The summed E-state index contributed by atoms with van der Waals surface area (Å²) in [4.78, 5) is 0. The van der Waals surface area contributed by atoms with Crippen LogP contribution < -0.4 is 0 Å². The average molecular weight is 338 g/mol. The second kappa shape index (κ2) is 9.01. The largest absolute Gasteiger partial charge is 0.0616 e. The maximum Gasteiger partial charge on any atom is -0.0184 e. The zero-order chi connectivity index (χ0) is 18.2. The number of rotatable bonds is 6. The quantitative estimate of drug-likeness (QED) is 0.418. The molecule has 3 rings (SSSR count). The molecular weight excluding hydrogens is 312 g/mol. The highest BCUT2D eigenvalue weighted by Crippen LogP contribution is 2.18. The van der Waals surface area contributed by atoms with Crippen molar-refractivity contribution in [3.8, 4) is 0 Å². The molecule has 3 aromatic carbocycles. The summed E-state index contributed by atoms with van der Waals surface area (Å²) in [6.07, 6.45) is 10.9. The molecule has 0 heteroatoms. The first kappa shape index (κ1) is 17.9. The molecule has 0 heterocycles. The van der Waals surface area contributed by atoms with Crippen molar-refractivity contribution in [2.24, 2.45) is 0 Å². The topological polar surface area (TPSA) is 0 Å². The molecule has 0 bridgehead atoms. The Morgan fingerprint density at radius 3 is 1.42 bits per heavy atom. The van der Waals surface area contributed by atoms with E-state index in [1.165, 1.54) is 33.4 Å². The number of aryl methyl sites for hydroxylation is 2. The van der Waals surface area contributed by atoms with Gasteiger partial charge >= 0.3 is 0 Å². The van der Waals surface area contributed by atoms with Crippen LogP contribution in [-0.4, -0.2) is 0 Å². The molecule has 0 fully saturated rings. The standard InChI is InChI=1S/C26H26/c1-3-21-9-7-11-23(19-21)15-17-25-13-5-6-14-26(25)18-16-24-12-8-10-22(4-2)20-24/h5-20H,3-4H2,1-2H3. The Balaban J connectivity index is 1.83. The van der Waals surface area contributed by atoms with Gasteiger partial charge in [0.1, 0.15) is 0 Å². The molecule has 130 valence electrons. The van der Waals surface area contributed by atoms with Gasteiger partial charge in [-0.2, -0.15) is 0 Å². The molecule has 0 spiro atoms. The van der Waals surface area contributed by atoms with Crippen LogP contribution in [0.1, 0.15) is 47.2 Å². The number of hydrogen-bond acceptors (Lipinski definition) is 0. The van der Waals surface area contributed by atoms with Crippen LogP contribution in [0, 0.1) is 0 Å². The van der Waals surface area contributed by atoms with Gasteiger partial charge in [0.15, 0.2) is 0 Å². The lowest BCUT2D eigenvalue weighted by Crippen LogP contribution is -1.83. The van der Waals surface area contributed by atoms with E-state index in [1.54, 1.807) is 0 Å². The molecule has 0 unspecified atom stereocenters. The van der Waals surface area contributed by atoms with Crippen molar-refractivity contribution in [1.29, 1.82) is 0 Å². The van der Waals surface area contributed by atoms with Gasteiger partial charge < -0.3 is 0 Å². The Labute approximate surface area is 157 Å². The fraction of sp³-hybridized carbons (Fsp3) is 0.154. The molecule has 0 aromatic heterocycles. The molecule has 0 radical (unpaired) electrons. The monoisotopic (exact) mass is 338 g/mol. The van der Waals surface area contributed by atoms with Crippen molar-refractivity contribution in [3.63, 3.8) is 0 Å². The summed E-state index contributed by atoms with van der Waals surface area (Å²) in [5.41, 5.74) is 7.71. The first-order chi connectivity index (χ1) is 12.8. The summed E-state index contributed by atoms with van der Waals surface area (Å²) in [6.45, 7) is 4.38. The van der Waals surface area contributed by atoms with Gasteiger partial charge in [0.05, 0.1) is 0 Å². The molecule has 0 saturated heterocycles. The van der Waals surface area contributed by atoms with Gasteiger partial charge in [-0.15, -0.1) is 0 Å². The lowest BCUT2D eigenvalue weighted by atomic mass is 10.0. The van der Waals surface area contributed by atoms with Crippen LogP contribution in [0.3, 0.4) is 0 Å². The van der Waals surface area contributed by atoms with E-state index in [0.717, 1.165) is 12.8 Å². The molecule has 0 amide bonds. The lowest BCUT2D eigenvalue weighted by molar-refractivity contribution is 1.14. The van der Waals surface area contributed by atoms with Gasteiger partial charge in [-0.05, 0) is 46.2 Å². The van der Waals surface area contributed by atoms with Gasteiger partial charge in [0, 0.05) is 0 Å². The van der Waals surface area contributed by atoms with E-state index >= 15 is 0 Å². The fourth-order valence-electron chi connectivity index (χ4n) is 3.02. The second-order valence-corrected chi connectivity index (χ2v) is 6.49. The highest BCUT2D eigenvalue weighted by atomic mass is 14.0. The van der Waals surface area contributed by atoms with E-state index in [-0.39, 0.29) is 0 Å². The zero-order valence-electron chi connectivity index (χ0n) is 15.7. The van der Waals surface area contributed by atoms with E-state index in [4.69, 9.17) is 0 Å². The van der Waals surface area contributed by atoms with Crippen LogP contribution in [0.25, 0.3) is 24.3 Å². The molecule has 0 aliphatic carbocycles. The minimum absolute atomic E-state index is 1.07. The number of hydrogen-bond donors (Lipinski definition) is 0. The zero-order valence-corrected chi connectivity index (χ0v) is 15.7. The highest BCUT2D eigenvalue weighted by molar-refractivity contribution is 5.79. The van der Waals surface area contributed by atoms with Crippen LogP contribution in [0.2, 0.25) is 0 Å². The molecule has 26 heavy (non-hydrogen) atoms. The normalized spacial score (nSPS) is 11.5. The van der Waals surface area contributed by atoms with Gasteiger partial charge in [0.2, 0.25) is 0 Å². The maximum atomic E-state index is 2.26. The van der Waals surface area contributed by atoms with E-state index in [2.05, 4.69) is 111 Å². The van der Waals surface area contributed by atoms with Crippen LogP contribution >= 0.6 is 0 Å². The minimum atomic E-state index is 1.07. The molecule has 0 atom stereocenters. The summed E-state index contributed by atoms with van der Waals surface area (Å²) >= 11 is 0. The van der Waals surface area contributed by atoms with Crippen LogP contribution in [0.4, 0.5) is 0 Å². The van der Waals surface area contributed by atoms with E-state index in [0.29, 0.717) is 0 Å². The van der Waals surface area contributed by atoms with Crippen molar-refractivity contribution >= 4 is 24.3 Å². The molecule has 3 aromatic rings. The van der Waals surface area contributed by atoms with Crippen molar-refractivity contribution in [1.82, 2.24) is 0 Å². The minimum Gasteiger partial charge on any atom is -0.0616 e. The van der Waals surface area contributed by atoms with Gasteiger partial charge in [-0.1, -0.05) is 111 Å².